The molecule has 2 aliphatic rings. The molecule has 5 rings (SSSR count). The lowest BCUT2D eigenvalue weighted by Crippen LogP contribution is -2.38. The topological polar surface area (TPSA) is 56.1 Å². The summed E-state index contributed by atoms with van der Waals surface area (Å²) in [5, 5.41) is 0. The summed E-state index contributed by atoms with van der Waals surface area (Å²) in [6, 6.07) is 9.96. The van der Waals surface area contributed by atoms with E-state index in [0.29, 0.717) is 12.1 Å². The minimum absolute atomic E-state index is 0.0650. The van der Waals surface area contributed by atoms with Gasteiger partial charge in [0.05, 0.1) is 5.56 Å². The molecular formula is C21H21N3O3. The van der Waals surface area contributed by atoms with Crippen molar-refractivity contribution in [2.75, 3.05) is 6.79 Å². The zero-order valence-electron chi connectivity index (χ0n) is 15.0. The van der Waals surface area contributed by atoms with Crippen LogP contribution in [0.25, 0.3) is 5.65 Å². The van der Waals surface area contributed by atoms with Gasteiger partial charge in [0.1, 0.15) is 5.65 Å². The molecule has 0 radical (unpaired) electrons. The highest BCUT2D eigenvalue weighted by atomic mass is 16.7. The molecule has 0 unspecified atom stereocenters. The second-order valence-corrected chi connectivity index (χ2v) is 7.17. The lowest BCUT2D eigenvalue weighted by Gasteiger charge is -2.29. The number of rotatable bonds is 4. The molecule has 27 heavy (non-hydrogen) atoms. The normalized spacial score (nSPS) is 16.1. The van der Waals surface area contributed by atoms with Crippen LogP contribution in [0.3, 0.4) is 0 Å². The molecule has 0 atom stereocenters. The molecule has 1 fully saturated rings. The van der Waals surface area contributed by atoms with Gasteiger partial charge in [0, 0.05) is 31.2 Å². The Hall–Kier alpha value is -3.02. The van der Waals surface area contributed by atoms with Crippen LogP contribution in [-0.2, 0) is 6.54 Å². The number of pyridine rings is 1. The zero-order valence-corrected chi connectivity index (χ0v) is 15.0. The monoisotopic (exact) mass is 363 g/mol. The molecule has 0 bridgehead atoms. The van der Waals surface area contributed by atoms with E-state index in [-0.39, 0.29) is 18.7 Å². The summed E-state index contributed by atoms with van der Waals surface area (Å²) in [6.07, 6.45) is 9.95. The van der Waals surface area contributed by atoms with E-state index in [0.717, 1.165) is 35.6 Å². The van der Waals surface area contributed by atoms with Crippen molar-refractivity contribution in [1.82, 2.24) is 14.3 Å². The molecule has 2 aromatic heterocycles. The van der Waals surface area contributed by atoms with Crippen LogP contribution in [-0.4, -0.2) is 33.0 Å². The second kappa shape index (κ2) is 6.61. The van der Waals surface area contributed by atoms with Crippen LogP contribution in [0.1, 0.15) is 41.6 Å². The Bertz CT molecular complexity index is 991. The lowest BCUT2D eigenvalue weighted by atomic mass is 10.1. The minimum Gasteiger partial charge on any atom is -0.454 e. The lowest BCUT2D eigenvalue weighted by molar-refractivity contribution is 0.0664. The van der Waals surface area contributed by atoms with Crippen LogP contribution in [0.4, 0.5) is 0 Å². The van der Waals surface area contributed by atoms with Crippen LogP contribution >= 0.6 is 0 Å². The van der Waals surface area contributed by atoms with E-state index < -0.39 is 0 Å². The van der Waals surface area contributed by atoms with Crippen molar-refractivity contribution < 1.29 is 14.3 Å². The number of amides is 1. The van der Waals surface area contributed by atoms with Gasteiger partial charge in [-0.05, 0) is 42.7 Å². The molecule has 0 saturated heterocycles. The van der Waals surface area contributed by atoms with Crippen molar-refractivity contribution in [3.63, 3.8) is 0 Å². The fourth-order valence-corrected chi connectivity index (χ4v) is 4.03. The first-order valence-corrected chi connectivity index (χ1v) is 9.40. The molecule has 3 heterocycles. The number of fused-ring (bicyclic) bond motifs is 2. The van der Waals surface area contributed by atoms with Crippen molar-refractivity contribution in [2.45, 2.75) is 38.3 Å². The molecule has 6 nitrogen and oxygen atoms in total. The number of benzene rings is 1. The van der Waals surface area contributed by atoms with Gasteiger partial charge in [-0.3, -0.25) is 4.79 Å². The Morgan fingerprint density at radius 3 is 2.89 bits per heavy atom. The molecule has 3 aromatic rings. The number of carbonyl (C=O) groups is 1. The zero-order chi connectivity index (χ0) is 18.2. The van der Waals surface area contributed by atoms with Gasteiger partial charge < -0.3 is 18.8 Å². The van der Waals surface area contributed by atoms with Crippen molar-refractivity contribution in [3.05, 3.63) is 60.0 Å². The Kier molecular flexibility index (Phi) is 3.96. The van der Waals surface area contributed by atoms with Crippen molar-refractivity contribution in [3.8, 4) is 11.5 Å². The number of aromatic nitrogens is 2. The first kappa shape index (κ1) is 16.2. The van der Waals surface area contributed by atoms with Crippen LogP contribution in [0, 0.1) is 0 Å². The summed E-state index contributed by atoms with van der Waals surface area (Å²) in [6.45, 7) is 0.830. The van der Waals surface area contributed by atoms with E-state index in [4.69, 9.17) is 9.47 Å². The molecule has 0 spiro atoms. The Morgan fingerprint density at radius 2 is 2.00 bits per heavy atom. The summed E-state index contributed by atoms with van der Waals surface area (Å²) in [5.74, 6) is 1.59. The molecular weight excluding hydrogens is 342 g/mol. The van der Waals surface area contributed by atoms with Gasteiger partial charge in [0.25, 0.3) is 5.91 Å². The Morgan fingerprint density at radius 1 is 1.15 bits per heavy atom. The number of carbonyl (C=O) groups excluding carboxylic acids is 1. The summed E-state index contributed by atoms with van der Waals surface area (Å²) in [4.78, 5) is 19.6. The first-order chi connectivity index (χ1) is 13.3. The van der Waals surface area contributed by atoms with E-state index in [1.54, 1.807) is 6.20 Å². The largest absolute Gasteiger partial charge is 0.454 e. The fourth-order valence-electron chi connectivity index (χ4n) is 4.03. The van der Waals surface area contributed by atoms with Gasteiger partial charge in [-0.25, -0.2) is 4.98 Å². The highest BCUT2D eigenvalue weighted by Gasteiger charge is 2.28. The van der Waals surface area contributed by atoms with E-state index in [9.17, 15) is 4.79 Å². The number of hydrogen-bond donors (Lipinski definition) is 0. The number of hydrogen-bond acceptors (Lipinski definition) is 4. The first-order valence-electron chi connectivity index (χ1n) is 9.40. The van der Waals surface area contributed by atoms with Gasteiger partial charge in [-0.15, -0.1) is 0 Å². The van der Waals surface area contributed by atoms with Crippen molar-refractivity contribution in [1.29, 1.82) is 0 Å². The SMILES string of the molecule is O=C(c1ccc2nccn2c1)N(Cc1ccc2c(c1)OCO2)C1CCCC1. The number of ether oxygens (including phenoxy) is 2. The van der Waals surface area contributed by atoms with E-state index in [2.05, 4.69) is 4.98 Å². The quantitative estimate of drug-likeness (QED) is 0.710. The van der Waals surface area contributed by atoms with Gasteiger partial charge in [-0.1, -0.05) is 18.9 Å². The summed E-state index contributed by atoms with van der Waals surface area (Å²) in [5.41, 5.74) is 2.59. The average molecular weight is 363 g/mol. The summed E-state index contributed by atoms with van der Waals surface area (Å²) in [7, 11) is 0. The van der Waals surface area contributed by atoms with E-state index in [1.807, 2.05) is 52.0 Å². The molecule has 138 valence electrons. The number of imidazole rings is 1. The summed E-state index contributed by atoms with van der Waals surface area (Å²) < 4.78 is 12.8. The van der Waals surface area contributed by atoms with Gasteiger partial charge in [0.2, 0.25) is 6.79 Å². The van der Waals surface area contributed by atoms with Gasteiger partial charge in [0.15, 0.2) is 11.5 Å². The van der Waals surface area contributed by atoms with Crippen molar-refractivity contribution in [2.24, 2.45) is 0 Å². The highest BCUT2D eigenvalue weighted by Crippen LogP contribution is 2.34. The van der Waals surface area contributed by atoms with Crippen LogP contribution in [0.5, 0.6) is 11.5 Å². The van der Waals surface area contributed by atoms with Gasteiger partial charge >= 0.3 is 0 Å². The molecule has 1 aromatic carbocycles. The van der Waals surface area contributed by atoms with E-state index in [1.165, 1.54) is 12.8 Å². The summed E-state index contributed by atoms with van der Waals surface area (Å²) >= 11 is 0. The molecule has 1 aliphatic carbocycles. The third kappa shape index (κ3) is 3.01. The molecule has 1 saturated carbocycles. The van der Waals surface area contributed by atoms with Crippen LogP contribution in [0.15, 0.2) is 48.9 Å². The maximum Gasteiger partial charge on any atom is 0.255 e. The maximum absolute atomic E-state index is 13.4. The third-order valence-electron chi connectivity index (χ3n) is 5.45. The third-order valence-corrected chi connectivity index (χ3v) is 5.45. The molecule has 0 N–H and O–H groups in total. The predicted molar refractivity (Wildman–Crippen MR) is 99.9 cm³/mol. The number of nitrogens with zero attached hydrogens (tertiary/aromatic N) is 3. The fraction of sp³-hybridized carbons (Fsp3) is 0.333. The second-order valence-electron chi connectivity index (χ2n) is 7.17. The Labute approximate surface area is 157 Å². The average Bonchev–Trinajstić information content (AvgIpc) is 3.45. The van der Waals surface area contributed by atoms with E-state index >= 15 is 0 Å². The van der Waals surface area contributed by atoms with Crippen molar-refractivity contribution >= 4 is 11.6 Å². The molecule has 1 aliphatic heterocycles. The molecule has 1 amide bonds. The van der Waals surface area contributed by atoms with Crippen LogP contribution < -0.4 is 9.47 Å². The highest BCUT2D eigenvalue weighted by molar-refractivity contribution is 5.94. The maximum atomic E-state index is 13.4. The standard InChI is InChI=1S/C21H21N3O3/c25-21(16-6-8-20-22-9-10-23(20)13-16)24(17-3-1-2-4-17)12-15-5-7-18-19(11-15)27-14-26-18/h5-11,13,17H,1-4,12,14H2. The molecule has 6 heteroatoms. The smallest absolute Gasteiger partial charge is 0.255 e. The van der Waals surface area contributed by atoms with Gasteiger partial charge in [-0.2, -0.15) is 0 Å². The predicted octanol–water partition coefficient (Wildman–Crippen LogP) is 3.65. The minimum atomic E-state index is 0.0650. The van der Waals surface area contributed by atoms with Crippen LogP contribution in [0.2, 0.25) is 0 Å². The Balaban J connectivity index is 1.45.